The van der Waals surface area contributed by atoms with Crippen molar-refractivity contribution in [2.75, 3.05) is 18.0 Å². The molecule has 0 radical (unpaired) electrons. The Morgan fingerprint density at radius 1 is 1.00 bits per heavy atom. The molecule has 0 saturated carbocycles. The van der Waals surface area contributed by atoms with Gasteiger partial charge in [-0.1, -0.05) is 42.0 Å². The lowest BCUT2D eigenvalue weighted by molar-refractivity contribution is 0.672. The van der Waals surface area contributed by atoms with E-state index in [1.165, 1.54) is 27.9 Å². The Kier molecular flexibility index (Phi) is 5.03. The number of benzene rings is 2. The lowest BCUT2D eigenvalue weighted by Crippen LogP contribution is -2.33. The smallest absolute Gasteiger partial charge is 0.0475 e. The van der Waals surface area contributed by atoms with Gasteiger partial charge < -0.3 is 10.6 Å². The van der Waals surface area contributed by atoms with Crippen molar-refractivity contribution in [3.8, 4) is 0 Å². The van der Waals surface area contributed by atoms with E-state index in [9.17, 15) is 0 Å². The van der Waals surface area contributed by atoms with Crippen LogP contribution in [0.4, 0.5) is 5.69 Å². The molecule has 0 aliphatic heterocycles. The van der Waals surface area contributed by atoms with Crippen LogP contribution in [0, 0.1) is 20.8 Å². The predicted molar refractivity (Wildman–Crippen MR) is 91.9 cm³/mol. The van der Waals surface area contributed by atoms with Gasteiger partial charge in [-0.3, -0.25) is 0 Å². The summed E-state index contributed by atoms with van der Waals surface area (Å²) in [6, 6.07) is 15.1. The second-order valence-corrected chi connectivity index (χ2v) is 5.79. The average molecular weight is 282 g/mol. The molecule has 0 aliphatic rings. The van der Waals surface area contributed by atoms with Crippen LogP contribution < -0.4 is 10.6 Å². The van der Waals surface area contributed by atoms with Crippen LogP contribution in [0.2, 0.25) is 0 Å². The van der Waals surface area contributed by atoms with Crippen LogP contribution in [0.15, 0.2) is 42.5 Å². The van der Waals surface area contributed by atoms with Gasteiger partial charge in [-0.2, -0.15) is 0 Å². The number of nitrogens with two attached hydrogens (primary N) is 1. The summed E-state index contributed by atoms with van der Waals surface area (Å²) in [4.78, 5) is 2.36. The van der Waals surface area contributed by atoms with Crippen molar-refractivity contribution < 1.29 is 0 Å². The molecule has 0 fully saturated rings. The molecule has 1 atom stereocenters. The van der Waals surface area contributed by atoms with E-state index < -0.39 is 0 Å². The molecule has 0 heterocycles. The van der Waals surface area contributed by atoms with Gasteiger partial charge in [-0.15, -0.1) is 0 Å². The molecule has 2 nitrogen and oxygen atoms in total. The van der Waals surface area contributed by atoms with E-state index in [2.05, 4.69) is 75.1 Å². The zero-order valence-corrected chi connectivity index (χ0v) is 13.6. The molecule has 2 aromatic rings. The van der Waals surface area contributed by atoms with Gasteiger partial charge >= 0.3 is 0 Å². The highest BCUT2D eigenvalue weighted by atomic mass is 15.1. The molecular weight excluding hydrogens is 256 g/mol. The highest BCUT2D eigenvalue weighted by molar-refractivity contribution is 5.53. The van der Waals surface area contributed by atoms with Gasteiger partial charge in [0, 0.05) is 24.8 Å². The lowest BCUT2D eigenvalue weighted by Gasteiger charge is -2.29. The summed E-state index contributed by atoms with van der Waals surface area (Å²) in [7, 11) is 0. The van der Waals surface area contributed by atoms with E-state index in [4.69, 9.17) is 5.73 Å². The van der Waals surface area contributed by atoms with Crippen molar-refractivity contribution >= 4 is 5.69 Å². The van der Waals surface area contributed by atoms with Gasteiger partial charge in [0.2, 0.25) is 0 Å². The number of nitrogens with zero attached hydrogens (tertiary/aromatic N) is 1. The maximum Gasteiger partial charge on any atom is 0.0475 e. The molecule has 0 aliphatic carbocycles. The van der Waals surface area contributed by atoms with Gasteiger partial charge in [0.25, 0.3) is 0 Å². The van der Waals surface area contributed by atoms with Crippen LogP contribution in [0.1, 0.15) is 35.2 Å². The first kappa shape index (κ1) is 15.6. The number of aryl methyl sites for hydroxylation is 3. The van der Waals surface area contributed by atoms with Gasteiger partial charge in [-0.25, -0.2) is 0 Å². The first-order valence-electron chi connectivity index (χ1n) is 7.66. The van der Waals surface area contributed by atoms with Crippen LogP contribution in [-0.4, -0.2) is 13.1 Å². The molecule has 0 bridgehead atoms. The van der Waals surface area contributed by atoms with Crippen LogP contribution in [0.3, 0.4) is 0 Å². The van der Waals surface area contributed by atoms with Crippen molar-refractivity contribution in [3.05, 3.63) is 64.7 Å². The SMILES string of the molecule is CCN(CC(N)c1cc(C)ccc1C)c1ccccc1C. The Labute approximate surface area is 128 Å². The van der Waals surface area contributed by atoms with Crippen LogP contribution >= 0.6 is 0 Å². The molecule has 0 saturated heterocycles. The minimum atomic E-state index is 0.0319. The van der Waals surface area contributed by atoms with Crippen molar-refractivity contribution in [3.63, 3.8) is 0 Å². The first-order chi connectivity index (χ1) is 10.0. The summed E-state index contributed by atoms with van der Waals surface area (Å²) in [6.07, 6.45) is 0. The van der Waals surface area contributed by atoms with Crippen LogP contribution in [0.5, 0.6) is 0 Å². The molecule has 2 heteroatoms. The third kappa shape index (κ3) is 3.64. The number of hydrogen-bond donors (Lipinski definition) is 1. The van der Waals surface area contributed by atoms with E-state index in [1.807, 2.05) is 0 Å². The highest BCUT2D eigenvalue weighted by Gasteiger charge is 2.15. The molecule has 0 spiro atoms. The molecule has 2 rings (SSSR count). The highest BCUT2D eigenvalue weighted by Crippen LogP contribution is 2.23. The van der Waals surface area contributed by atoms with Crippen LogP contribution in [0.25, 0.3) is 0 Å². The van der Waals surface area contributed by atoms with E-state index in [0.717, 1.165) is 13.1 Å². The van der Waals surface area contributed by atoms with Crippen molar-refractivity contribution in [1.82, 2.24) is 0 Å². The van der Waals surface area contributed by atoms with Gasteiger partial charge in [0.15, 0.2) is 0 Å². The lowest BCUT2D eigenvalue weighted by atomic mass is 9.99. The average Bonchev–Trinajstić information content (AvgIpc) is 2.48. The van der Waals surface area contributed by atoms with E-state index in [1.54, 1.807) is 0 Å². The molecule has 2 N–H and O–H groups in total. The Bertz CT molecular complexity index is 604. The summed E-state index contributed by atoms with van der Waals surface area (Å²) < 4.78 is 0. The van der Waals surface area contributed by atoms with Gasteiger partial charge in [0.1, 0.15) is 0 Å². The Morgan fingerprint density at radius 3 is 2.38 bits per heavy atom. The number of likely N-dealkylation sites (N-methyl/N-ethyl adjacent to an activating group) is 1. The minimum Gasteiger partial charge on any atom is -0.370 e. The van der Waals surface area contributed by atoms with Gasteiger partial charge in [-0.05, 0) is 50.5 Å². The largest absolute Gasteiger partial charge is 0.370 e. The van der Waals surface area contributed by atoms with E-state index >= 15 is 0 Å². The monoisotopic (exact) mass is 282 g/mol. The van der Waals surface area contributed by atoms with Crippen molar-refractivity contribution in [2.45, 2.75) is 33.7 Å². The maximum absolute atomic E-state index is 6.49. The second-order valence-electron chi connectivity index (χ2n) is 5.79. The summed E-state index contributed by atoms with van der Waals surface area (Å²) in [6.45, 7) is 10.4. The summed E-state index contributed by atoms with van der Waals surface area (Å²) in [5, 5.41) is 0. The number of rotatable bonds is 5. The molecule has 0 amide bonds. The zero-order valence-electron chi connectivity index (χ0n) is 13.6. The Hall–Kier alpha value is -1.80. The normalized spacial score (nSPS) is 12.2. The summed E-state index contributed by atoms with van der Waals surface area (Å²) in [5.74, 6) is 0. The Morgan fingerprint density at radius 2 is 1.71 bits per heavy atom. The fourth-order valence-corrected chi connectivity index (χ4v) is 2.81. The molecule has 2 aromatic carbocycles. The minimum absolute atomic E-state index is 0.0319. The topological polar surface area (TPSA) is 29.3 Å². The third-order valence-corrected chi connectivity index (χ3v) is 4.09. The third-order valence-electron chi connectivity index (χ3n) is 4.09. The van der Waals surface area contributed by atoms with E-state index in [0.29, 0.717) is 0 Å². The fourth-order valence-electron chi connectivity index (χ4n) is 2.81. The zero-order chi connectivity index (χ0) is 15.4. The first-order valence-corrected chi connectivity index (χ1v) is 7.66. The molecule has 112 valence electrons. The van der Waals surface area contributed by atoms with Gasteiger partial charge in [0.05, 0.1) is 0 Å². The van der Waals surface area contributed by atoms with Crippen molar-refractivity contribution in [2.24, 2.45) is 5.73 Å². The standard InChI is InChI=1S/C19H26N2/c1-5-21(19-9-7-6-8-16(19)4)13-18(20)17-12-14(2)10-11-15(17)3/h6-12,18H,5,13,20H2,1-4H3. The van der Waals surface area contributed by atoms with E-state index in [-0.39, 0.29) is 6.04 Å². The fraction of sp³-hybridized carbons (Fsp3) is 0.368. The molecule has 0 aromatic heterocycles. The van der Waals surface area contributed by atoms with Crippen molar-refractivity contribution in [1.29, 1.82) is 0 Å². The Balaban J connectivity index is 2.22. The molecular formula is C19H26N2. The molecule has 1 unspecified atom stereocenters. The quantitative estimate of drug-likeness (QED) is 0.893. The summed E-state index contributed by atoms with van der Waals surface area (Å²) in [5.41, 5.74) is 12.9. The number of anilines is 1. The maximum atomic E-state index is 6.49. The number of para-hydroxylation sites is 1. The second kappa shape index (κ2) is 6.77. The molecule has 21 heavy (non-hydrogen) atoms. The number of hydrogen-bond acceptors (Lipinski definition) is 2. The van der Waals surface area contributed by atoms with Crippen LogP contribution in [-0.2, 0) is 0 Å². The predicted octanol–water partition coefficient (Wildman–Crippen LogP) is 4.14. The summed E-state index contributed by atoms with van der Waals surface area (Å²) >= 11 is 0.